The van der Waals surface area contributed by atoms with Gasteiger partial charge in [-0.1, -0.05) is 23.5 Å². The molecule has 3 rings (SSSR count). The van der Waals surface area contributed by atoms with Crippen molar-refractivity contribution in [2.45, 2.75) is 26.8 Å². The van der Waals surface area contributed by atoms with Crippen LogP contribution in [0.15, 0.2) is 24.3 Å². The van der Waals surface area contributed by atoms with Crippen LogP contribution in [0.4, 0.5) is 9.52 Å². The van der Waals surface area contributed by atoms with E-state index in [1.807, 2.05) is 0 Å². The molecule has 27 heavy (non-hydrogen) atoms. The molecule has 0 radical (unpaired) electrons. The molecule has 0 spiro atoms. The molecule has 8 heteroatoms. The second kappa shape index (κ2) is 8.58. The van der Waals surface area contributed by atoms with Gasteiger partial charge in [-0.25, -0.2) is 14.2 Å². The minimum Gasteiger partial charge on any atom is -0.462 e. The van der Waals surface area contributed by atoms with Crippen molar-refractivity contribution in [3.05, 3.63) is 46.2 Å². The first-order valence-corrected chi connectivity index (χ1v) is 9.59. The Bertz CT molecular complexity index is 816. The van der Waals surface area contributed by atoms with E-state index in [4.69, 9.17) is 9.47 Å². The standard InChI is InChI=1S/C19H21FN2O4S/c1-3-26-18(24)16-12(2)21-19(27-16)22(17(23)14-8-9-25-11-14)10-13-4-6-15(20)7-5-13/h4-7,14H,3,8-11H2,1-2H3. The zero-order valence-corrected chi connectivity index (χ0v) is 16.1. The average Bonchev–Trinajstić information content (AvgIpc) is 3.31. The number of hydrogen-bond acceptors (Lipinski definition) is 6. The summed E-state index contributed by atoms with van der Waals surface area (Å²) in [6.45, 7) is 4.87. The summed E-state index contributed by atoms with van der Waals surface area (Å²) in [6.07, 6.45) is 0.647. The van der Waals surface area contributed by atoms with E-state index in [1.54, 1.807) is 30.9 Å². The quantitative estimate of drug-likeness (QED) is 0.706. The third-order valence-electron chi connectivity index (χ3n) is 4.28. The van der Waals surface area contributed by atoms with Gasteiger partial charge in [0.15, 0.2) is 5.13 Å². The number of amides is 1. The molecular formula is C19H21FN2O4S. The number of ether oxygens (including phenoxy) is 2. The van der Waals surface area contributed by atoms with Gasteiger partial charge in [-0.2, -0.15) is 0 Å². The molecule has 1 aromatic carbocycles. The number of aromatic nitrogens is 1. The molecular weight excluding hydrogens is 371 g/mol. The maximum absolute atomic E-state index is 13.2. The minimum atomic E-state index is -0.447. The first-order valence-electron chi connectivity index (χ1n) is 8.77. The number of benzene rings is 1. The molecule has 1 fully saturated rings. The van der Waals surface area contributed by atoms with Gasteiger partial charge < -0.3 is 9.47 Å². The Morgan fingerprint density at radius 2 is 2.11 bits per heavy atom. The van der Waals surface area contributed by atoms with Gasteiger partial charge in [-0.15, -0.1) is 0 Å². The fourth-order valence-electron chi connectivity index (χ4n) is 2.85. The summed E-state index contributed by atoms with van der Waals surface area (Å²) < 4.78 is 23.6. The van der Waals surface area contributed by atoms with Crippen molar-refractivity contribution in [1.82, 2.24) is 4.98 Å². The molecule has 2 aromatic rings. The molecule has 1 saturated heterocycles. The molecule has 1 aliphatic heterocycles. The first kappa shape index (κ1) is 19.4. The molecule has 0 saturated carbocycles. The van der Waals surface area contributed by atoms with Crippen molar-refractivity contribution in [2.24, 2.45) is 5.92 Å². The van der Waals surface area contributed by atoms with Crippen molar-refractivity contribution in [1.29, 1.82) is 0 Å². The third kappa shape index (κ3) is 4.51. The number of nitrogens with zero attached hydrogens (tertiary/aromatic N) is 2. The van der Waals surface area contributed by atoms with E-state index in [2.05, 4.69) is 4.98 Å². The van der Waals surface area contributed by atoms with E-state index in [-0.39, 0.29) is 30.8 Å². The van der Waals surface area contributed by atoms with Crippen LogP contribution in [0, 0.1) is 18.7 Å². The number of aryl methyl sites for hydroxylation is 1. The summed E-state index contributed by atoms with van der Waals surface area (Å²) in [5, 5.41) is 0.428. The Morgan fingerprint density at radius 1 is 1.37 bits per heavy atom. The number of thiazole rings is 1. The maximum Gasteiger partial charge on any atom is 0.350 e. The largest absolute Gasteiger partial charge is 0.462 e. The van der Waals surface area contributed by atoms with E-state index in [0.29, 0.717) is 35.3 Å². The summed E-state index contributed by atoms with van der Waals surface area (Å²) in [7, 11) is 0. The second-order valence-corrected chi connectivity index (χ2v) is 7.22. The van der Waals surface area contributed by atoms with Gasteiger partial charge in [0, 0.05) is 6.61 Å². The van der Waals surface area contributed by atoms with Crippen molar-refractivity contribution in [3.8, 4) is 0 Å². The lowest BCUT2D eigenvalue weighted by molar-refractivity contribution is -0.122. The van der Waals surface area contributed by atoms with Crippen molar-refractivity contribution in [3.63, 3.8) is 0 Å². The molecule has 1 aliphatic rings. The highest BCUT2D eigenvalue weighted by molar-refractivity contribution is 7.17. The Balaban J connectivity index is 1.91. The van der Waals surface area contributed by atoms with Gasteiger partial charge in [-0.3, -0.25) is 9.69 Å². The van der Waals surface area contributed by atoms with E-state index < -0.39 is 5.97 Å². The Morgan fingerprint density at radius 3 is 2.74 bits per heavy atom. The van der Waals surface area contributed by atoms with Crippen LogP contribution in [0.1, 0.15) is 34.3 Å². The van der Waals surface area contributed by atoms with Crippen LogP contribution in [-0.2, 0) is 20.8 Å². The number of carbonyl (C=O) groups excluding carboxylic acids is 2. The Labute approximate surface area is 160 Å². The highest BCUT2D eigenvalue weighted by atomic mass is 32.1. The van der Waals surface area contributed by atoms with Gasteiger partial charge in [0.05, 0.1) is 31.4 Å². The van der Waals surface area contributed by atoms with Crippen LogP contribution < -0.4 is 4.90 Å². The van der Waals surface area contributed by atoms with Gasteiger partial charge in [0.2, 0.25) is 5.91 Å². The van der Waals surface area contributed by atoms with Crippen LogP contribution in [0.2, 0.25) is 0 Å². The van der Waals surface area contributed by atoms with Crippen LogP contribution in [0.3, 0.4) is 0 Å². The van der Waals surface area contributed by atoms with Crippen LogP contribution in [-0.4, -0.2) is 36.7 Å². The summed E-state index contributed by atoms with van der Waals surface area (Å²) in [4.78, 5) is 31.5. The number of halogens is 1. The van der Waals surface area contributed by atoms with Crippen LogP contribution in [0.25, 0.3) is 0 Å². The molecule has 0 aliphatic carbocycles. The molecule has 1 unspecified atom stereocenters. The van der Waals surface area contributed by atoms with Crippen molar-refractivity contribution in [2.75, 3.05) is 24.7 Å². The van der Waals surface area contributed by atoms with Crippen LogP contribution in [0.5, 0.6) is 0 Å². The number of rotatable bonds is 6. The zero-order chi connectivity index (χ0) is 19.4. The number of hydrogen-bond donors (Lipinski definition) is 0. The smallest absolute Gasteiger partial charge is 0.350 e. The fourth-order valence-corrected chi connectivity index (χ4v) is 3.81. The molecule has 6 nitrogen and oxygen atoms in total. The van der Waals surface area contributed by atoms with Gasteiger partial charge in [-0.05, 0) is 38.0 Å². The molecule has 2 heterocycles. The third-order valence-corrected chi connectivity index (χ3v) is 5.44. The lowest BCUT2D eigenvalue weighted by Gasteiger charge is -2.22. The Hall–Kier alpha value is -2.32. The van der Waals surface area contributed by atoms with E-state index in [0.717, 1.165) is 16.9 Å². The highest BCUT2D eigenvalue weighted by Crippen LogP contribution is 2.30. The van der Waals surface area contributed by atoms with E-state index in [1.165, 1.54) is 12.1 Å². The van der Waals surface area contributed by atoms with E-state index >= 15 is 0 Å². The SMILES string of the molecule is CCOC(=O)c1sc(N(Cc2ccc(F)cc2)C(=O)C2CCOC2)nc1C. The molecule has 1 atom stereocenters. The average molecular weight is 392 g/mol. The first-order chi connectivity index (χ1) is 13.0. The summed E-state index contributed by atoms with van der Waals surface area (Å²) in [5.41, 5.74) is 1.29. The van der Waals surface area contributed by atoms with Gasteiger partial charge in [0.1, 0.15) is 10.7 Å². The summed E-state index contributed by atoms with van der Waals surface area (Å²) >= 11 is 1.13. The molecule has 144 valence electrons. The Kier molecular flexibility index (Phi) is 6.18. The monoisotopic (exact) mass is 392 g/mol. The summed E-state index contributed by atoms with van der Waals surface area (Å²) in [5.74, 6) is -1.14. The minimum absolute atomic E-state index is 0.110. The molecule has 0 N–H and O–H groups in total. The second-order valence-electron chi connectivity index (χ2n) is 6.24. The van der Waals surface area contributed by atoms with Gasteiger partial charge in [0.25, 0.3) is 0 Å². The summed E-state index contributed by atoms with van der Waals surface area (Å²) in [6, 6.07) is 5.97. The maximum atomic E-state index is 13.2. The van der Waals surface area contributed by atoms with Crippen molar-refractivity contribution >= 4 is 28.3 Å². The lowest BCUT2D eigenvalue weighted by atomic mass is 10.1. The predicted molar refractivity (Wildman–Crippen MR) is 99.3 cm³/mol. The van der Waals surface area contributed by atoms with E-state index in [9.17, 15) is 14.0 Å². The lowest BCUT2D eigenvalue weighted by Crippen LogP contribution is -2.36. The highest BCUT2D eigenvalue weighted by Gasteiger charge is 2.31. The van der Waals surface area contributed by atoms with Crippen molar-refractivity contribution < 1.29 is 23.5 Å². The number of carbonyl (C=O) groups is 2. The number of esters is 1. The molecule has 1 aromatic heterocycles. The fraction of sp³-hybridized carbons (Fsp3) is 0.421. The molecule has 0 bridgehead atoms. The van der Waals surface area contributed by atoms with Crippen LogP contribution >= 0.6 is 11.3 Å². The zero-order valence-electron chi connectivity index (χ0n) is 15.2. The van der Waals surface area contributed by atoms with Gasteiger partial charge >= 0.3 is 5.97 Å². The normalized spacial score (nSPS) is 16.3. The number of anilines is 1. The molecule has 1 amide bonds. The topological polar surface area (TPSA) is 68.7 Å². The predicted octanol–water partition coefficient (Wildman–Crippen LogP) is 3.34.